The van der Waals surface area contributed by atoms with Gasteiger partial charge in [-0.3, -0.25) is 9.59 Å². The van der Waals surface area contributed by atoms with Crippen LogP contribution in [0.4, 0.5) is 5.69 Å². The normalized spacial score (nSPS) is 12.8. The standard InChI is InChI=1S/C10H10N2O3/c11-9(13)10(14)12-7-1-2-8-6(5-7)3-4-15-8/h1-2,5H,3-4H2,(H2,11,13)(H,12,14). The van der Waals surface area contributed by atoms with E-state index in [1.54, 1.807) is 18.2 Å². The first-order valence-corrected chi connectivity index (χ1v) is 4.53. The number of rotatable bonds is 1. The highest BCUT2D eigenvalue weighted by Crippen LogP contribution is 2.27. The Hall–Kier alpha value is -2.04. The van der Waals surface area contributed by atoms with Gasteiger partial charge < -0.3 is 15.8 Å². The molecule has 15 heavy (non-hydrogen) atoms. The van der Waals surface area contributed by atoms with Gasteiger partial charge in [0.1, 0.15) is 5.75 Å². The van der Waals surface area contributed by atoms with Crippen LogP contribution in [-0.4, -0.2) is 18.4 Å². The van der Waals surface area contributed by atoms with Crippen LogP contribution in [0.15, 0.2) is 18.2 Å². The molecule has 0 unspecified atom stereocenters. The second-order valence-electron chi connectivity index (χ2n) is 3.24. The number of amides is 2. The van der Waals surface area contributed by atoms with Crippen molar-refractivity contribution < 1.29 is 14.3 Å². The number of benzene rings is 1. The number of nitrogens with one attached hydrogen (secondary N) is 1. The highest BCUT2D eigenvalue weighted by atomic mass is 16.5. The summed E-state index contributed by atoms with van der Waals surface area (Å²) in [4.78, 5) is 21.5. The first-order valence-electron chi connectivity index (χ1n) is 4.53. The number of hydrogen-bond acceptors (Lipinski definition) is 3. The highest BCUT2D eigenvalue weighted by Gasteiger charge is 2.14. The van der Waals surface area contributed by atoms with Crippen molar-refractivity contribution in [3.05, 3.63) is 23.8 Å². The molecule has 1 aromatic carbocycles. The number of ether oxygens (including phenoxy) is 1. The molecule has 0 spiro atoms. The van der Waals surface area contributed by atoms with Crippen molar-refractivity contribution in [2.45, 2.75) is 6.42 Å². The summed E-state index contributed by atoms with van der Waals surface area (Å²) in [5.74, 6) is -0.979. The third-order valence-corrected chi connectivity index (χ3v) is 2.17. The SMILES string of the molecule is NC(=O)C(=O)Nc1ccc2c(c1)CCO2. The zero-order valence-corrected chi connectivity index (χ0v) is 7.95. The van der Waals surface area contributed by atoms with E-state index in [2.05, 4.69) is 5.32 Å². The number of nitrogens with two attached hydrogens (primary N) is 1. The van der Waals surface area contributed by atoms with Crippen molar-refractivity contribution in [3.63, 3.8) is 0 Å². The molecule has 0 aromatic heterocycles. The summed E-state index contributed by atoms with van der Waals surface area (Å²) >= 11 is 0. The van der Waals surface area contributed by atoms with E-state index in [4.69, 9.17) is 10.5 Å². The maximum absolute atomic E-state index is 11.0. The van der Waals surface area contributed by atoms with Crippen LogP contribution in [0.1, 0.15) is 5.56 Å². The maximum Gasteiger partial charge on any atom is 0.313 e. The lowest BCUT2D eigenvalue weighted by atomic mass is 10.1. The fraction of sp³-hybridized carbons (Fsp3) is 0.200. The summed E-state index contributed by atoms with van der Waals surface area (Å²) in [6, 6.07) is 5.22. The zero-order chi connectivity index (χ0) is 10.8. The summed E-state index contributed by atoms with van der Waals surface area (Å²) < 4.78 is 5.30. The van der Waals surface area contributed by atoms with Crippen LogP contribution in [0.25, 0.3) is 0 Å². The van der Waals surface area contributed by atoms with Crippen molar-refractivity contribution in [1.82, 2.24) is 0 Å². The third kappa shape index (κ3) is 1.90. The minimum Gasteiger partial charge on any atom is -0.493 e. The van der Waals surface area contributed by atoms with E-state index in [-0.39, 0.29) is 0 Å². The predicted molar refractivity (Wildman–Crippen MR) is 53.5 cm³/mol. The Morgan fingerprint density at radius 3 is 2.93 bits per heavy atom. The number of fused-ring (bicyclic) bond motifs is 1. The lowest BCUT2D eigenvalue weighted by Gasteiger charge is -2.04. The van der Waals surface area contributed by atoms with Gasteiger partial charge in [0, 0.05) is 12.1 Å². The van der Waals surface area contributed by atoms with Crippen LogP contribution in [0.2, 0.25) is 0 Å². The molecule has 3 N–H and O–H groups in total. The minimum absolute atomic E-state index is 0.558. The second kappa shape index (κ2) is 3.61. The van der Waals surface area contributed by atoms with Crippen molar-refractivity contribution in [2.24, 2.45) is 5.73 Å². The summed E-state index contributed by atoms with van der Waals surface area (Å²) in [6.07, 6.45) is 0.815. The van der Waals surface area contributed by atoms with Gasteiger partial charge in [-0.1, -0.05) is 0 Å². The van der Waals surface area contributed by atoms with E-state index >= 15 is 0 Å². The predicted octanol–water partition coefficient (Wildman–Crippen LogP) is 0.0453. The molecule has 0 atom stereocenters. The Labute approximate surface area is 86.2 Å². The third-order valence-electron chi connectivity index (χ3n) is 2.17. The lowest BCUT2D eigenvalue weighted by Crippen LogP contribution is -2.29. The molecule has 1 aliphatic rings. The highest BCUT2D eigenvalue weighted by molar-refractivity contribution is 6.39. The second-order valence-corrected chi connectivity index (χ2v) is 3.24. The minimum atomic E-state index is -0.994. The van der Waals surface area contributed by atoms with Crippen LogP contribution < -0.4 is 15.8 Å². The van der Waals surface area contributed by atoms with Gasteiger partial charge in [0.25, 0.3) is 0 Å². The molecule has 1 heterocycles. The number of carbonyl (C=O) groups is 2. The number of anilines is 1. The molecule has 5 nitrogen and oxygen atoms in total. The van der Waals surface area contributed by atoms with E-state index in [1.165, 1.54) is 0 Å². The summed E-state index contributed by atoms with van der Waals surface area (Å²) in [5, 5.41) is 2.40. The average molecular weight is 206 g/mol. The van der Waals surface area contributed by atoms with E-state index < -0.39 is 11.8 Å². The van der Waals surface area contributed by atoms with Crippen LogP contribution in [0.3, 0.4) is 0 Å². The molecule has 0 bridgehead atoms. The van der Waals surface area contributed by atoms with Crippen LogP contribution in [-0.2, 0) is 16.0 Å². The lowest BCUT2D eigenvalue weighted by molar-refractivity contribution is -0.134. The van der Waals surface area contributed by atoms with E-state index in [1.807, 2.05) is 0 Å². The Bertz CT molecular complexity index is 429. The summed E-state index contributed by atoms with van der Waals surface area (Å²) in [6.45, 7) is 0.655. The molecule has 78 valence electrons. The van der Waals surface area contributed by atoms with E-state index in [0.29, 0.717) is 12.3 Å². The van der Waals surface area contributed by atoms with Crippen molar-refractivity contribution >= 4 is 17.5 Å². The molecule has 0 fully saturated rings. The van der Waals surface area contributed by atoms with E-state index in [0.717, 1.165) is 17.7 Å². The monoisotopic (exact) mass is 206 g/mol. The van der Waals surface area contributed by atoms with Gasteiger partial charge in [0.15, 0.2) is 0 Å². The number of primary amides is 1. The van der Waals surface area contributed by atoms with Gasteiger partial charge >= 0.3 is 11.8 Å². The summed E-state index contributed by atoms with van der Waals surface area (Å²) in [5.41, 5.74) is 6.40. The van der Waals surface area contributed by atoms with Gasteiger partial charge in [-0.2, -0.15) is 0 Å². The van der Waals surface area contributed by atoms with Crippen LogP contribution in [0.5, 0.6) is 5.75 Å². The maximum atomic E-state index is 11.0. The fourth-order valence-corrected chi connectivity index (χ4v) is 1.46. The molecular formula is C10H10N2O3. The zero-order valence-electron chi connectivity index (χ0n) is 7.95. The fourth-order valence-electron chi connectivity index (χ4n) is 1.46. The number of hydrogen-bond donors (Lipinski definition) is 2. The van der Waals surface area contributed by atoms with Crippen LogP contribution >= 0.6 is 0 Å². The molecule has 0 radical (unpaired) electrons. The Kier molecular flexibility index (Phi) is 2.29. The molecule has 1 aromatic rings. The molecular weight excluding hydrogens is 196 g/mol. The Balaban J connectivity index is 2.17. The largest absolute Gasteiger partial charge is 0.493 e. The first-order chi connectivity index (χ1) is 7.16. The van der Waals surface area contributed by atoms with Gasteiger partial charge in [-0.05, 0) is 23.8 Å². The molecule has 0 aliphatic carbocycles. The smallest absolute Gasteiger partial charge is 0.313 e. The number of carbonyl (C=O) groups excluding carboxylic acids is 2. The van der Waals surface area contributed by atoms with Crippen molar-refractivity contribution in [1.29, 1.82) is 0 Å². The molecule has 0 saturated carbocycles. The van der Waals surface area contributed by atoms with Crippen molar-refractivity contribution in [3.8, 4) is 5.75 Å². The van der Waals surface area contributed by atoms with Gasteiger partial charge in [0.2, 0.25) is 0 Å². The van der Waals surface area contributed by atoms with Crippen molar-refractivity contribution in [2.75, 3.05) is 11.9 Å². The first kappa shape index (κ1) is 9.51. The molecule has 0 saturated heterocycles. The van der Waals surface area contributed by atoms with Gasteiger partial charge in [0.05, 0.1) is 6.61 Å². The molecule has 5 heteroatoms. The molecule has 1 aliphatic heterocycles. The Morgan fingerprint density at radius 2 is 2.20 bits per heavy atom. The van der Waals surface area contributed by atoms with E-state index in [9.17, 15) is 9.59 Å². The average Bonchev–Trinajstić information content (AvgIpc) is 2.64. The Morgan fingerprint density at radius 1 is 1.40 bits per heavy atom. The topological polar surface area (TPSA) is 81.4 Å². The molecule has 2 rings (SSSR count). The molecule has 2 amide bonds. The van der Waals surface area contributed by atoms with Crippen LogP contribution in [0, 0.1) is 0 Å². The quantitative estimate of drug-likeness (QED) is 0.637. The van der Waals surface area contributed by atoms with Gasteiger partial charge in [-0.25, -0.2) is 0 Å². The van der Waals surface area contributed by atoms with Gasteiger partial charge in [-0.15, -0.1) is 0 Å². The summed E-state index contributed by atoms with van der Waals surface area (Å²) in [7, 11) is 0.